The molecule has 5 nitrogen and oxygen atoms in total. The fourth-order valence-corrected chi connectivity index (χ4v) is 1.26. The van der Waals surface area contributed by atoms with E-state index in [-0.39, 0.29) is 11.1 Å². The highest BCUT2D eigenvalue weighted by molar-refractivity contribution is 5.92. The molecule has 16 heavy (non-hydrogen) atoms. The summed E-state index contributed by atoms with van der Waals surface area (Å²) in [4.78, 5) is 11.3. The zero-order chi connectivity index (χ0) is 12.3. The first-order valence-electron chi connectivity index (χ1n) is 5.25. The minimum absolute atomic E-state index is 0.191. The smallest absolute Gasteiger partial charge is 0.360 e. The van der Waals surface area contributed by atoms with Crippen molar-refractivity contribution in [3.8, 4) is 0 Å². The lowest BCUT2D eigenvalue weighted by Gasteiger charge is -2.17. The predicted molar refractivity (Wildman–Crippen MR) is 62.1 cm³/mol. The van der Waals surface area contributed by atoms with E-state index in [1.54, 1.807) is 10.9 Å². The van der Waals surface area contributed by atoms with Crippen molar-refractivity contribution < 1.29 is 9.53 Å². The molecule has 0 aliphatic carbocycles. The van der Waals surface area contributed by atoms with Crippen molar-refractivity contribution >= 4 is 11.7 Å². The van der Waals surface area contributed by atoms with Gasteiger partial charge in [-0.25, -0.2) is 4.79 Å². The molecule has 2 N–H and O–H groups in total. The van der Waals surface area contributed by atoms with Gasteiger partial charge in [0.2, 0.25) is 0 Å². The number of hydrogen-bond acceptors (Lipinski definition) is 4. The summed E-state index contributed by atoms with van der Waals surface area (Å²) in [5, 5.41) is 4.10. The second kappa shape index (κ2) is 4.55. The Morgan fingerprint density at radius 2 is 2.19 bits per heavy atom. The predicted octanol–water partition coefficient (Wildman–Crippen LogP) is 1.69. The van der Waals surface area contributed by atoms with Crippen LogP contribution in [0.4, 0.5) is 5.69 Å². The van der Waals surface area contributed by atoms with Crippen LogP contribution in [0.2, 0.25) is 0 Å². The number of nitrogen functional groups attached to an aromatic ring is 1. The quantitative estimate of drug-likeness (QED) is 0.795. The van der Waals surface area contributed by atoms with E-state index in [4.69, 9.17) is 5.73 Å². The molecule has 1 rings (SSSR count). The minimum Gasteiger partial charge on any atom is -0.464 e. The Morgan fingerprint density at radius 3 is 2.69 bits per heavy atom. The molecule has 5 heteroatoms. The molecule has 0 amide bonds. The molecule has 0 spiro atoms. The second-order valence-electron chi connectivity index (χ2n) is 5.00. The monoisotopic (exact) mass is 225 g/mol. The van der Waals surface area contributed by atoms with E-state index in [2.05, 4.69) is 30.6 Å². The lowest BCUT2D eigenvalue weighted by atomic mass is 9.92. The number of ether oxygens (including phenoxy) is 1. The second-order valence-corrected chi connectivity index (χ2v) is 5.00. The summed E-state index contributed by atoms with van der Waals surface area (Å²) in [6.07, 6.45) is 2.63. The molecular weight excluding hydrogens is 206 g/mol. The first-order valence-corrected chi connectivity index (χ1v) is 5.25. The molecule has 0 fully saturated rings. The van der Waals surface area contributed by atoms with E-state index in [1.807, 2.05) is 0 Å². The molecule has 0 saturated carbocycles. The van der Waals surface area contributed by atoms with Crippen LogP contribution in [0.25, 0.3) is 0 Å². The Labute approximate surface area is 95.6 Å². The molecule has 0 aliphatic heterocycles. The maximum absolute atomic E-state index is 11.3. The molecule has 0 aliphatic rings. The maximum atomic E-state index is 11.3. The van der Waals surface area contributed by atoms with Crippen molar-refractivity contribution in [1.29, 1.82) is 0 Å². The van der Waals surface area contributed by atoms with E-state index >= 15 is 0 Å². The van der Waals surface area contributed by atoms with Crippen LogP contribution < -0.4 is 5.73 Å². The summed E-state index contributed by atoms with van der Waals surface area (Å²) in [6.45, 7) is 7.20. The van der Waals surface area contributed by atoms with Gasteiger partial charge in [-0.3, -0.25) is 4.68 Å². The molecule has 0 radical (unpaired) electrons. The molecule has 0 atom stereocenters. The third-order valence-electron chi connectivity index (χ3n) is 2.26. The molecule has 90 valence electrons. The Hall–Kier alpha value is -1.52. The van der Waals surface area contributed by atoms with Gasteiger partial charge in [-0.05, 0) is 11.8 Å². The molecule has 1 aromatic rings. The van der Waals surface area contributed by atoms with Gasteiger partial charge in [0, 0.05) is 12.7 Å². The van der Waals surface area contributed by atoms with Crippen molar-refractivity contribution in [2.75, 3.05) is 12.8 Å². The Balaban J connectivity index is 2.74. The number of aryl methyl sites for hydroxylation is 1. The minimum atomic E-state index is -0.494. The van der Waals surface area contributed by atoms with Gasteiger partial charge in [0.25, 0.3) is 0 Å². The van der Waals surface area contributed by atoms with Crippen molar-refractivity contribution in [2.24, 2.45) is 5.41 Å². The summed E-state index contributed by atoms with van der Waals surface area (Å²) >= 11 is 0. The molecule has 0 unspecified atom stereocenters. The van der Waals surface area contributed by atoms with E-state index < -0.39 is 5.97 Å². The molecule has 0 aromatic carbocycles. The fraction of sp³-hybridized carbons (Fsp3) is 0.636. The molecule has 0 bridgehead atoms. The summed E-state index contributed by atoms with van der Waals surface area (Å²) in [5.74, 6) is -0.494. The lowest BCUT2D eigenvalue weighted by Crippen LogP contribution is -2.11. The van der Waals surface area contributed by atoms with Crippen molar-refractivity contribution in [3.63, 3.8) is 0 Å². The zero-order valence-electron chi connectivity index (χ0n) is 10.3. The zero-order valence-corrected chi connectivity index (χ0v) is 10.3. The number of nitrogens with two attached hydrogens (primary N) is 1. The Bertz CT molecular complexity index is 377. The van der Waals surface area contributed by atoms with Gasteiger partial charge in [0.1, 0.15) is 0 Å². The van der Waals surface area contributed by atoms with Gasteiger partial charge < -0.3 is 10.5 Å². The van der Waals surface area contributed by atoms with Crippen LogP contribution in [-0.4, -0.2) is 22.9 Å². The third kappa shape index (κ3) is 3.25. The summed E-state index contributed by atoms with van der Waals surface area (Å²) < 4.78 is 6.27. The van der Waals surface area contributed by atoms with Gasteiger partial charge in [0.15, 0.2) is 5.69 Å². The molecule has 1 aromatic heterocycles. The highest BCUT2D eigenvalue weighted by Gasteiger charge is 2.16. The number of rotatable bonds is 3. The van der Waals surface area contributed by atoms with Crippen LogP contribution in [-0.2, 0) is 11.3 Å². The highest BCUT2D eigenvalue weighted by Crippen LogP contribution is 2.20. The van der Waals surface area contributed by atoms with Crippen molar-refractivity contribution in [3.05, 3.63) is 11.9 Å². The van der Waals surface area contributed by atoms with E-state index in [0.717, 1.165) is 13.0 Å². The number of nitrogens with zero attached hydrogens (tertiary/aromatic N) is 2. The number of anilines is 1. The SMILES string of the molecule is COC(=O)c1nn(CCC(C)(C)C)cc1N. The number of carbonyl (C=O) groups excluding carboxylic acids is 1. The molecule has 0 saturated heterocycles. The van der Waals surface area contributed by atoms with Crippen molar-refractivity contribution in [1.82, 2.24) is 9.78 Å². The number of carbonyl (C=O) groups is 1. The fourth-order valence-electron chi connectivity index (χ4n) is 1.26. The molecular formula is C11H19N3O2. The average Bonchev–Trinajstić information content (AvgIpc) is 2.55. The van der Waals surface area contributed by atoms with Gasteiger partial charge in [-0.1, -0.05) is 20.8 Å². The standard InChI is InChI=1S/C11H19N3O2/c1-11(2,3)5-6-14-7-8(12)9(13-14)10(15)16-4/h7H,5-6,12H2,1-4H3. The largest absolute Gasteiger partial charge is 0.464 e. The van der Waals surface area contributed by atoms with Crippen LogP contribution in [0, 0.1) is 5.41 Å². The number of esters is 1. The van der Waals surface area contributed by atoms with Gasteiger partial charge in [-0.15, -0.1) is 0 Å². The van der Waals surface area contributed by atoms with Crippen LogP contribution in [0.1, 0.15) is 37.7 Å². The maximum Gasteiger partial charge on any atom is 0.360 e. The Kier molecular flexibility index (Phi) is 3.57. The topological polar surface area (TPSA) is 70.1 Å². The number of hydrogen-bond donors (Lipinski definition) is 1. The van der Waals surface area contributed by atoms with Crippen LogP contribution >= 0.6 is 0 Å². The lowest BCUT2D eigenvalue weighted by molar-refractivity contribution is 0.0594. The highest BCUT2D eigenvalue weighted by atomic mass is 16.5. The number of methoxy groups -OCH3 is 1. The van der Waals surface area contributed by atoms with Crippen LogP contribution in [0.5, 0.6) is 0 Å². The summed E-state index contributed by atoms with van der Waals surface area (Å²) in [7, 11) is 1.32. The summed E-state index contributed by atoms with van der Waals surface area (Å²) in [5.41, 5.74) is 6.45. The Morgan fingerprint density at radius 1 is 1.56 bits per heavy atom. The normalized spacial score (nSPS) is 11.5. The average molecular weight is 225 g/mol. The third-order valence-corrected chi connectivity index (χ3v) is 2.26. The van der Waals surface area contributed by atoms with Gasteiger partial charge >= 0.3 is 5.97 Å². The first kappa shape index (κ1) is 12.5. The van der Waals surface area contributed by atoms with Crippen LogP contribution in [0.3, 0.4) is 0 Å². The molecule has 1 heterocycles. The van der Waals surface area contributed by atoms with E-state index in [9.17, 15) is 4.79 Å². The summed E-state index contributed by atoms with van der Waals surface area (Å²) in [6, 6.07) is 0. The van der Waals surface area contributed by atoms with E-state index in [0.29, 0.717) is 5.69 Å². The van der Waals surface area contributed by atoms with Crippen molar-refractivity contribution in [2.45, 2.75) is 33.7 Å². The van der Waals surface area contributed by atoms with E-state index in [1.165, 1.54) is 7.11 Å². The van der Waals surface area contributed by atoms with Crippen LogP contribution in [0.15, 0.2) is 6.20 Å². The first-order chi connectivity index (χ1) is 7.33. The van der Waals surface area contributed by atoms with Gasteiger partial charge in [-0.2, -0.15) is 5.10 Å². The van der Waals surface area contributed by atoms with Gasteiger partial charge in [0.05, 0.1) is 12.8 Å². The number of aromatic nitrogens is 2.